The third kappa shape index (κ3) is 5.48. The van der Waals surface area contributed by atoms with Gasteiger partial charge in [0.25, 0.3) is 0 Å². The second-order valence-corrected chi connectivity index (χ2v) is 5.26. The van der Waals surface area contributed by atoms with Crippen LogP contribution >= 0.6 is 11.6 Å². The van der Waals surface area contributed by atoms with Crippen molar-refractivity contribution in [3.8, 4) is 0 Å². The lowest BCUT2D eigenvalue weighted by atomic mass is 9.96. The van der Waals surface area contributed by atoms with Crippen LogP contribution in [0.5, 0.6) is 0 Å². The van der Waals surface area contributed by atoms with Crippen molar-refractivity contribution in [2.45, 2.75) is 32.8 Å². The predicted octanol–water partition coefficient (Wildman–Crippen LogP) is 3.41. The molecular weight excluding hydrogens is 293 g/mol. The number of carbonyl (C=O) groups excluding carboxylic acids is 1. The van der Waals surface area contributed by atoms with Crippen LogP contribution in [0, 0.1) is 11.7 Å². The number of halogens is 2. The molecule has 2 N–H and O–H groups in total. The molecule has 116 valence electrons. The number of aliphatic hydroxyl groups is 1. The zero-order valence-corrected chi connectivity index (χ0v) is 13.0. The van der Waals surface area contributed by atoms with Gasteiger partial charge in [-0.05, 0) is 24.1 Å². The van der Waals surface area contributed by atoms with E-state index in [4.69, 9.17) is 11.6 Å². The third-order valence-corrected chi connectivity index (χ3v) is 3.81. The van der Waals surface area contributed by atoms with Crippen LogP contribution in [0.2, 0.25) is 5.02 Å². The second kappa shape index (κ2) is 8.80. The quantitative estimate of drug-likeness (QED) is 0.758. The van der Waals surface area contributed by atoms with E-state index in [9.17, 15) is 14.3 Å². The van der Waals surface area contributed by atoms with Crippen molar-refractivity contribution in [1.29, 1.82) is 0 Å². The highest BCUT2D eigenvalue weighted by molar-refractivity contribution is 6.32. The number of amides is 1. The first-order valence-corrected chi connectivity index (χ1v) is 7.45. The Balaban J connectivity index is 2.56. The number of carbonyl (C=O) groups is 1. The number of rotatable bonds is 7. The Kier molecular flexibility index (Phi) is 7.40. The van der Waals surface area contributed by atoms with Crippen molar-refractivity contribution in [2.75, 3.05) is 6.54 Å². The Morgan fingerprint density at radius 1 is 1.43 bits per heavy atom. The first kappa shape index (κ1) is 17.7. The van der Waals surface area contributed by atoms with E-state index in [1.807, 2.05) is 13.8 Å². The summed E-state index contributed by atoms with van der Waals surface area (Å²) in [5, 5.41) is 12.8. The number of benzene rings is 1. The smallest absolute Gasteiger partial charge is 0.244 e. The van der Waals surface area contributed by atoms with E-state index in [1.165, 1.54) is 24.3 Å². The SMILES string of the molecule is CCC(CC)C(O)CNC(=O)/C=C/c1c(F)cccc1Cl. The van der Waals surface area contributed by atoms with Gasteiger partial charge in [0, 0.05) is 18.2 Å². The van der Waals surface area contributed by atoms with E-state index in [0.717, 1.165) is 12.8 Å². The molecule has 0 bridgehead atoms. The molecule has 0 radical (unpaired) electrons. The molecule has 0 aliphatic heterocycles. The molecule has 1 aromatic carbocycles. The average Bonchev–Trinajstić information content (AvgIpc) is 2.46. The minimum Gasteiger partial charge on any atom is -0.391 e. The molecule has 21 heavy (non-hydrogen) atoms. The first-order chi connectivity index (χ1) is 9.99. The Morgan fingerprint density at radius 3 is 2.67 bits per heavy atom. The number of hydrogen-bond acceptors (Lipinski definition) is 2. The van der Waals surface area contributed by atoms with Crippen molar-refractivity contribution in [1.82, 2.24) is 5.32 Å². The summed E-state index contributed by atoms with van der Waals surface area (Å²) >= 11 is 5.86. The van der Waals surface area contributed by atoms with Crippen molar-refractivity contribution in [3.05, 3.63) is 40.7 Å². The van der Waals surface area contributed by atoms with Gasteiger partial charge in [0.1, 0.15) is 5.82 Å². The highest BCUT2D eigenvalue weighted by Gasteiger charge is 2.15. The van der Waals surface area contributed by atoms with Gasteiger partial charge in [0.2, 0.25) is 5.91 Å². The lowest BCUT2D eigenvalue weighted by Crippen LogP contribution is -2.35. The molecule has 0 aliphatic rings. The van der Waals surface area contributed by atoms with E-state index in [-0.39, 0.29) is 29.0 Å². The summed E-state index contributed by atoms with van der Waals surface area (Å²) in [6.45, 7) is 4.18. The summed E-state index contributed by atoms with van der Waals surface area (Å²) in [5.41, 5.74) is 0.176. The molecule has 0 aliphatic carbocycles. The Labute approximate surface area is 129 Å². The van der Waals surface area contributed by atoms with Gasteiger partial charge in [0.05, 0.1) is 11.1 Å². The average molecular weight is 314 g/mol. The second-order valence-electron chi connectivity index (χ2n) is 4.86. The normalized spacial score (nSPS) is 12.9. The molecule has 1 unspecified atom stereocenters. The molecule has 1 rings (SSSR count). The summed E-state index contributed by atoms with van der Waals surface area (Å²) in [7, 11) is 0. The van der Waals surface area contributed by atoms with Gasteiger partial charge in [-0.1, -0.05) is 44.4 Å². The minimum atomic E-state index is -0.575. The highest BCUT2D eigenvalue weighted by Crippen LogP contribution is 2.20. The Morgan fingerprint density at radius 2 is 2.10 bits per heavy atom. The van der Waals surface area contributed by atoms with Crippen molar-refractivity contribution >= 4 is 23.6 Å². The van der Waals surface area contributed by atoms with Crippen LogP contribution in [0.25, 0.3) is 6.08 Å². The fourth-order valence-corrected chi connectivity index (χ4v) is 2.32. The maximum atomic E-state index is 13.5. The van der Waals surface area contributed by atoms with Crippen LogP contribution in [0.3, 0.4) is 0 Å². The van der Waals surface area contributed by atoms with Crippen LogP contribution in [-0.4, -0.2) is 23.7 Å². The molecule has 1 aromatic rings. The van der Waals surface area contributed by atoms with E-state index in [0.29, 0.717) is 0 Å². The molecule has 0 heterocycles. The Bertz CT molecular complexity index is 481. The fraction of sp³-hybridized carbons (Fsp3) is 0.438. The van der Waals surface area contributed by atoms with Gasteiger partial charge in [-0.2, -0.15) is 0 Å². The van der Waals surface area contributed by atoms with E-state index in [2.05, 4.69) is 5.32 Å². The zero-order valence-electron chi connectivity index (χ0n) is 12.3. The fourth-order valence-electron chi connectivity index (χ4n) is 2.09. The topological polar surface area (TPSA) is 49.3 Å². The monoisotopic (exact) mass is 313 g/mol. The van der Waals surface area contributed by atoms with Crippen LogP contribution in [0.1, 0.15) is 32.3 Å². The minimum absolute atomic E-state index is 0.162. The number of aliphatic hydroxyl groups excluding tert-OH is 1. The molecule has 0 spiro atoms. The number of nitrogens with one attached hydrogen (secondary N) is 1. The van der Waals surface area contributed by atoms with Crippen molar-refractivity contribution in [2.24, 2.45) is 5.92 Å². The maximum Gasteiger partial charge on any atom is 0.244 e. The van der Waals surface area contributed by atoms with Crippen LogP contribution < -0.4 is 5.32 Å². The largest absolute Gasteiger partial charge is 0.391 e. The van der Waals surface area contributed by atoms with Gasteiger partial charge in [0.15, 0.2) is 0 Å². The first-order valence-electron chi connectivity index (χ1n) is 7.07. The summed E-state index contributed by atoms with van der Waals surface area (Å²) in [4.78, 5) is 11.7. The van der Waals surface area contributed by atoms with Crippen molar-refractivity contribution in [3.63, 3.8) is 0 Å². The zero-order chi connectivity index (χ0) is 15.8. The number of hydrogen-bond donors (Lipinski definition) is 2. The van der Waals surface area contributed by atoms with E-state index >= 15 is 0 Å². The molecule has 0 saturated carbocycles. The molecule has 3 nitrogen and oxygen atoms in total. The van der Waals surface area contributed by atoms with Gasteiger partial charge in [-0.3, -0.25) is 4.79 Å². The third-order valence-electron chi connectivity index (χ3n) is 3.48. The molecular formula is C16H21ClFNO2. The molecule has 5 heteroatoms. The van der Waals surface area contributed by atoms with Gasteiger partial charge in [-0.15, -0.1) is 0 Å². The van der Waals surface area contributed by atoms with Crippen LogP contribution in [0.15, 0.2) is 24.3 Å². The van der Waals surface area contributed by atoms with Gasteiger partial charge in [-0.25, -0.2) is 4.39 Å². The van der Waals surface area contributed by atoms with Gasteiger partial charge >= 0.3 is 0 Å². The molecule has 0 saturated heterocycles. The summed E-state index contributed by atoms with van der Waals surface area (Å²) in [6, 6.07) is 4.33. The summed E-state index contributed by atoms with van der Waals surface area (Å²) in [6.07, 6.45) is 3.68. The van der Waals surface area contributed by atoms with Gasteiger partial charge < -0.3 is 10.4 Å². The van der Waals surface area contributed by atoms with Crippen molar-refractivity contribution < 1.29 is 14.3 Å². The summed E-state index contributed by atoms with van der Waals surface area (Å²) < 4.78 is 13.5. The van der Waals surface area contributed by atoms with E-state index in [1.54, 1.807) is 6.07 Å². The molecule has 1 atom stereocenters. The highest BCUT2D eigenvalue weighted by atomic mass is 35.5. The van der Waals surface area contributed by atoms with Crippen LogP contribution in [-0.2, 0) is 4.79 Å². The molecule has 1 amide bonds. The standard InChI is InChI=1S/C16H21ClFNO2/c1-3-11(4-2)15(20)10-19-16(21)9-8-12-13(17)6-5-7-14(12)18/h5-9,11,15,20H,3-4,10H2,1-2H3,(H,19,21)/b9-8+. The van der Waals surface area contributed by atoms with E-state index < -0.39 is 11.9 Å². The lowest BCUT2D eigenvalue weighted by molar-refractivity contribution is -0.117. The Hall–Kier alpha value is -1.39. The lowest BCUT2D eigenvalue weighted by Gasteiger charge is -2.19. The molecule has 0 aromatic heterocycles. The predicted molar refractivity (Wildman–Crippen MR) is 83.5 cm³/mol. The maximum absolute atomic E-state index is 13.5. The van der Waals surface area contributed by atoms with Crippen LogP contribution in [0.4, 0.5) is 4.39 Å². The summed E-state index contributed by atoms with van der Waals surface area (Å²) in [5.74, 6) is -0.710. The molecule has 0 fully saturated rings.